The summed E-state index contributed by atoms with van der Waals surface area (Å²) >= 11 is 0. The highest BCUT2D eigenvalue weighted by Crippen LogP contribution is 2.36. The number of methoxy groups -OCH3 is 4. The van der Waals surface area contributed by atoms with Crippen LogP contribution in [-0.2, 0) is 85.9 Å². The molecule has 3 heterocycles. The van der Waals surface area contributed by atoms with Crippen molar-refractivity contribution < 1.29 is 92.1 Å². The smallest absolute Gasteiger partial charge is 0.337 e. The summed E-state index contributed by atoms with van der Waals surface area (Å²) in [6.07, 6.45) is 7.10. The number of esters is 3. The molecule has 3 aliphatic heterocycles. The number of benzene rings is 3. The van der Waals surface area contributed by atoms with Gasteiger partial charge in [-0.15, -0.1) is 0 Å². The van der Waals surface area contributed by atoms with Crippen molar-refractivity contribution in [3.8, 4) is 23.0 Å². The largest absolute Gasteiger partial charge is 0.508 e. The number of hydrogen-bond donors (Lipinski definition) is 5. The highest BCUT2D eigenvalue weighted by Gasteiger charge is 2.39. The summed E-state index contributed by atoms with van der Waals surface area (Å²) in [5.74, 6) is -2.99. The molecule has 0 aromatic heterocycles. The Kier molecular flexibility index (Phi) is 24.9. The highest BCUT2D eigenvalue weighted by molar-refractivity contribution is 5.95. The quantitative estimate of drug-likeness (QED) is 0.0342. The molecule has 412 valence electrons. The maximum absolute atomic E-state index is 12.7. The molecular formula is C57H70O19. The fraction of sp³-hybridized carbons (Fsp3) is 0.421. The molecule has 5 N–H and O–H groups in total. The van der Waals surface area contributed by atoms with E-state index in [-0.39, 0.29) is 72.1 Å². The predicted octanol–water partition coefficient (Wildman–Crippen LogP) is 7.27. The zero-order valence-corrected chi connectivity index (χ0v) is 44.1. The Morgan fingerprint density at radius 2 is 1.12 bits per heavy atom. The molecule has 6 rings (SSSR count). The summed E-state index contributed by atoms with van der Waals surface area (Å²) in [6, 6.07) is 17.9. The first-order chi connectivity index (χ1) is 36.4. The van der Waals surface area contributed by atoms with E-state index in [1.807, 2.05) is 13.0 Å². The van der Waals surface area contributed by atoms with E-state index in [4.69, 9.17) is 42.6 Å². The molecule has 1 fully saturated rings. The minimum Gasteiger partial charge on any atom is -0.508 e. The lowest BCUT2D eigenvalue weighted by atomic mass is 9.84. The second-order valence-corrected chi connectivity index (χ2v) is 17.5. The van der Waals surface area contributed by atoms with Gasteiger partial charge >= 0.3 is 17.9 Å². The van der Waals surface area contributed by atoms with E-state index in [9.17, 15) is 49.5 Å². The Morgan fingerprint density at radius 1 is 0.605 bits per heavy atom. The zero-order valence-electron chi connectivity index (χ0n) is 44.1. The number of carbonyl (C=O) groups excluding carboxylic acids is 5. The van der Waals surface area contributed by atoms with Crippen LogP contribution in [0.1, 0.15) is 70.1 Å². The normalized spacial score (nSPS) is 22.5. The lowest BCUT2D eigenvalue weighted by Gasteiger charge is -2.35. The highest BCUT2D eigenvalue weighted by atomic mass is 16.8. The molecule has 0 radical (unpaired) electrons. The topological polar surface area (TPSA) is 270 Å². The van der Waals surface area contributed by atoms with Crippen LogP contribution in [0.25, 0.3) is 0 Å². The van der Waals surface area contributed by atoms with Gasteiger partial charge in [0.1, 0.15) is 17.3 Å². The molecule has 19 nitrogen and oxygen atoms in total. The van der Waals surface area contributed by atoms with E-state index < -0.39 is 54.9 Å². The number of Topliss-reactive ketones (excluding diaryl/α,β-unsaturated/α-hetero) is 2. The Labute approximate surface area is 442 Å². The third kappa shape index (κ3) is 17.9. The van der Waals surface area contributed by atoms with Crippen LogP contribution in [0, 0.1) is 17.8 Å². The van der Waals surface area contributed by atoms with E-state index in [0.29, 0.717) is 48.8 Å². The van der Waals surface area contributed by atoms with Crippen LogP contribution in [0.4, 0.5) is 0 Å². The van der Waals surface area contributed by atoms with Gasteiger partial charge in [-0.3, -0.25) is 19.2 Å². The van der Waals surface area contributed by atoms with E-state index >= 15 is 0 Å². The number of phenolic OH excluding ortho intramolecular Hbond substituents is 4. The number of aliphatic hydroxyl groups excluding tert-OH is 1. The molecule has 3 aromatic rings. The van der Waals surface area contributed by atoms with Crippen molar-refractivity contribution in [2.24, 2.45) is 17.8 Å². The molecule has 3 aromatic carbocycles. The lowest BCUT2D eigenvalue weighted by Crippen LogP contribution is -2.40. The Hall–Kier alpha value is -7.29. The summed E-state index contributed by atoms with van der Waals surface area (Å²) < 4.78 is 47.2. The first-order valence-corrected chi connectivity index (χ1v) is 24.5. The Balaban J connectivity index is 0.000000247. The van der Waals surface area contributed by atoms with Crippen LogP contribution in [-0.4, -0.2) is 122 Å². The van der Waals surface area contributed by atoms with Crippen LogP contribution in [0.5, 0.6) is 23.0 Å². The molecule has 0 amide bonds. The molecule has 19 heteroatoms. The number of allylic oxidation sites excluding steroid dienone is 4. The number of rotatable bonds is 19. The number of phenols is 4. The minimum atomic E-state index is -1.16. The number of aliphatic hydroxyl groups is 1. The summed E-state index contributed by atoms with van der Waals surface area (Å²) in [5, 5.41) is 47.3. The van der Waals surface area contributed by atoms with Gasteiger partial charge in [-0.05, 0) is 92.8 Å². The standard InChI is InChI=1S/C20H24O7.C19H22O6.C18H24O6/c1-4-15-16(17(19(23)24-2)12-27-20(15)25-3)11-18(22)26-10-9-13-5-7-14(21)8-6-13;1-3-15-16(17(12(2)20)11-25-19(15)23)10-18(22)24-9-8-13-4-6-14(21)7-5-13;1-4-12-13(10-17(22-2)24-18(12)23-3)14(19)7-5-11-6-8-15(20)16(21)9-11/h4-8,12,16,20-21H,9-11H2,1-3H3;3-7,11,16,19,21,23H,8-10H2,1-2H3;4,6,8-9,13,17-18,20-21H,5,7,10H2,1-3H3/b15-4-;15-3-;12-4-/t16-,20+;16-,19+;13-,17+,18-/m001/s1. The fourth-order valence-corrected chi connectivity index (χ4v) is 8.53. The van der Waals surface area contributed by atoms with Gasteiger partial charge in [-0.1, -0.05) is 48.6 Å². The number of ketones is 2. The van der Waals surface area contributed by atoms with E-state index in [1.54, 1.807) is 87.7 Å². The van der Waals surface area contributed by atoms with Gasteiger partial charge in [0.15, 0.2) is 29.9 Å². The summed E-state index contributed by atoms with van der Waals surface area (Å²) in [5.41, 5.74) is 5.20. The van der Waals surface area contributed by atoms with Crippen molar-refractivity contribution >= 4 is 29.5 Å². The van der Waals surface area contributed by atoms with Crippen molar-refractivity contribution in [1.82, 2.24) is 0 Å². The van der Waals surface area contributed by atoms with Crippen molar-refractivity contribution in [2.45, 2.75) is 97.8 Å². The minimum absolute atomic E-state index is 0.0284. The number of ether oxygens (including phenoxy) is 9. The van der Waals surface area contributed by atoms with Gasteiger partial charge in [-0.25, -0.2) is 4.79 Å². The van der Waals surface area contributed by atoms with Crippen molar-refractivity contribution in [3.63, 3.8) is 0 Å². The predicted molar refractivity (Wildman–Crippen MR) is 275 cm³/mol. The lowest BCUT2D eigenvalue weighted by molar-refractivity contribution is -0.237. The Morgan fingerprint density at radius 3 is 1.59 bits per heavy atom. The average molecular weight is 1060 g/mol. The summed E-state index contributed by atoms with van der Waals surface area (Å²) in [6.45, 7) is 7.14. The molecule has 3 aliphatic rings. The van der Waals surface area contributed by atoms with Gasteiger partial charge < -0.3 is 68.2 Å². The maximum atomic E-state index is 12.7. The monoisotopic (exact) mass is 1060 g/mol. The number of aryl methyl sites for hydroxylation is 1. The molecule has 0 unspecified atom stereocenters. The molecule has 1 saturated heterocycles. The molecule has 0 spiro atoms. The first-order valence-electron chi connectivity index (χ1n) is 24.5. The Bertz CT molecular complexity index is 2580. The fourth-order valence-electron chi connectivity index (χ4n) is 8.53. The van der Waals surface area contributed by atoms with Crippen molar-refractivity contribution in [2.75, 3.05) is 41.7 Å². The van der Waals surface area contributed by atoms with Crippen LogP contribution < -0.4 is 0 Å². The van der Waals surface area contributed by atoms with Crippen molar-refractivity contribution in [3.05, 3.63) is 142 Å². The second-order valence-electron chi connectivity index (χ2n) is 17.5. The van der Waals surface area contributed by atoms with Gasteiger partial charge in [-0.2, -0.15) is 0 Å². The van der Waals surface area contributed by atoms with Crippen molar-refractivity contribution in [1.29, 1.82) is 0 Å². The van der Waals surface area contributed by atoms with Crippen LogP contribution in [0.15, 0.2) is 125 Å². The maximum Gasteiger partial charge on any atom is 0.337 e. The number of aromatic hydroxyl groups is 4. The van der Waals surface area contributed by atoms with E-state index in [2.05, 4.69) is 0 Å². The number of carbonyl (C=O) groups is 5. The van der Waals surface area contributed by atoms with Gasteiger partial charge in [0.25, 0.3) is 0 Å². The van der Waals surface area contributed by atoms with Crippen LogP contribution in [0.2, 0.25) is 0 Å². The zero-order chi connectivity index (χ0) is 55.9. The molecule has 0 bridgehead atoms. The third-order valence-electron chi connectivity index (χ3n) is 12.7. The SMILES string of the molecule is C/C=C1\[C@H](O)OC=C(C(C)=O)[C@H]1CC(=O)OCCc1ccc(O)cc1.C/C=C1\[C@H](OC)OC=C(C(=O)OC)[C@H]1CC(=O)OCCc1ccc(O)cc1.C/C=C1\[C@H](OC)O[C@H](OC)C[C@H]1C(=O)CCc1ccc(O)c(O)c1. The van der Waals surface area contributed by atoms with E-state index in [0.717, 1.165) is 22.3 Å². The molecular weight excluding hydrogens is 989 g/mol. The second kappa shape index (κ2) is 30.9. The number of hydrogen-bond acceptors (Lipinski definition) is 19. The van der Waals surface area contributed by atoms with Gasteiger partial charge in [0.05, 0.1) is 51.3 Å². The summed E-state index contributed by atoms with van der Waals surface area (Å²) in [7, 11) is 5.83. The molecule has 0 saturated carbocycles. The van der Waals surface area contributed by atoms with Crippen LogP contribution >= 0.6 is 0 Å². The molecule has 0 aliphatic carbocycles. The van der Waals surface area contributed by atoms with Crippen LogP contribution in [0.3, 0.4) is 0 Å². The average Bonchev–Trinajstić information content (AvgIpc) is 3.41. The van der Waals surface area contributed by atoms with E-state index in [1.165, 1.54) is 52.9 Å². The first kappa shape index (κ1) is 61.3. The molecule has 76 heavy (non-hydrogen) atoms. The van der Waals surface area contributed by atoms with Gasteiger partial charge in [0.2, 0.25) is 12.6 Å². The molecule has 7 atom stereocenters. The van der Waals surface area contributed by atoms with Gasteiger partial charge in [0, 0.05) is 81.5 Å². The third-order valence-corrected chi connectivity index (χ3v) is 12.7. The summed E-state index contributed by atoms with van der Waals surface area (Å²) in [4.78, 5) is 60.9.